The topological polar surface area (TPSA) is 15.7 Å². The third-order valence-electron chi connectivity index (χ3n) is 11.7. The van der Waals surface area contributed by atoms with Crippen LogP contribution in [0.4, 0.5) is 34.1 Å². The van der Waals surface area contributed by atoms with Crippen LogP contribution in [0.1, 0.15) is 105 Å². The number of para-hydroxylation sites is 1. The van der Waals surface area contributed by atoms with E-state index in [1.54, 1.807) is 0 Å². The molecular weight excluding hydrogens is 679 g/mol. The number of nitrogens with zero attached hydrogens (tertiary/aromatic N) is 2. The third kappa shape index (κ3) is 6.72. The predicted molar refractivity (Wildman–Crippen MR) is 242 cm³/mol. The number of hydrogen-bond acceptors (Lipinski definition) is 3. The van der Waals surface area contributed by atoms with E-state index in [4.69, 9.17) is 4.74 Å². The number of anilines is 6. The molecule has 0 atom stereocenters. The number of ether oxygens (including phenoxy) is 1. The van der Waals surface area contributed by atoms with Crippen LogP contribution in [0.15, 0.2) is 127 Å². The van der Waals surface area contributed by atoms with Crippen LogP contribution in [0.5, 0.6) is 11.5 Å². The van der Waals surface area contributed by atoms with Gasteiger partial charge < -0.3 is 14.5 Å². The molecule has 6 aromatic carbocycles. The van der Waals surface area contributed by atoms with Gasteiger partial charge in [-0.2, -0.15) is 0 Å². The number of benzene rings is 6. The van der Waals surface area contributed by atoms with E-state index in [1.807, 2.05) is 30.3 Å². The van der Waals surface area contributed by atoms with Crippen molar-refractivity contribution in [2.75, 3.05) is 9.80 Å². The smallest absolute Gasteiger partial charge is 0.252 e. The molecule has 0 unspecified atom stereocenters. The molecule has 2 heterocycles. The van der Waals surface area contributed by atoms with Crippen molar-refractivity contribution in [3.63, 3.8) is 0 Å². The summed E-state index contributed by atoms with van der Waals surface area (Å²) in [4.78, 5) is 4.97. The van der Waals surface area contributed by atoms with Crippen molar-refractivity contribution in [3.8, 4) is 11.5 Å². The van der Waals surface area contributed by atoms with Crippen molar-refractivity contribution in [1.29, 1.82) is 0 Å². The van der Waals surface area contributed by atoms with Crippen molar-refractivity contribution < 1.29 is 4.74 Å². The molecule has 8 rings (SSSR count). The van der Waals surface area contributed by atoms with Gasteiger partial charge in [0.2, 0.25) is 0 Å². The fraction of sp³-hybridized carbons (Fsp3) is 0.308. The molecule has 56 heavy (non-hydrogen) atoms. The van der Waals surface area contributed by atoms with Crippen LogP contribution in [0.2, 0.25) is 0 Å². The molecule has 0 N–H and O–H groups in total. The van der Waals surface area contributed by atoms with Crippen molar-refractivity contribution in [1.82, 2.24) is 0 Å². The minimum Gasteiger partial charge on any atom is -0.457 e. The average molecular weight is 737 g/mol. The first-order chi connectivity index (χ1) is 26.3. The van der Waals surface area contributed by atoms with Gasteiger partial charge in [0.25, 0.3) is 6.71 Å². The molecule has 2 aliphatic heterocycles. The van der Waals surface area contributed by atoms with Crippen LogP contribution >= 0.6 is 0 Å². The van der Waals surface area contributed by atoms with E-state index >= 15 is 0 Å². The molecule has 0 aromatic heterocycles. The van der Waals surface area contributed by atoms with E-state index in [1.165, 1.54) is 50.0 Å². The monoisotopic (exact) mass is 736 g/mol. The Kier molecular flexibility index (Phi) is 8.88. The zero-order valence-electron chi connectivity index (χ0n) is 35.5. The van der Waals surface area contributed by atoms with Gasteiger partial charge in [0.15, 0.2) is 0 Å². The van der Waals surface area contributed by atoms with Gasteiger partial charge in [-0.15, -0.1) is 0 Å². The second-order valence-corrected chi connectivity index (χ2v) is 20.0. The lowest BCUT2D eigenvalue weighted by Crippen LogP contribution is -2.61. The Morgan fingerprint density at radius 3 is 1.12 bits per heavy atom. The van der Waals surface area contributed by atoms with Crippen molar-refractivity contribution in [3.05, 3.63) is 150 Å². The fourth-order valence-corrected chi connectivity index (χ4v) is 8.37. The molecule has 0 amide bonds. The van der Waals surface area contributed by atoms with Crippen LogP contribution in [-0.4, -0.2) is 6.71 Å². The van der Waals surface area contributed by atoms with Gasteiger partial charge >= 0.3 is 0 Å². The minimum absolute atomic E-state index is 0.00979. The molecule has 6 aromatic rings. The van der Waals surface area contributed by atoms with Crippen molar-refractivity contribution in [2.24, 2.45) is 0 Å². The minimum atomic E-state index is -0.0176. The summed E-state index contributed by atoms with van der Waals surface area (Å²) in [5.41, 5.74) is 16.3. The predicted octanol–water partition coefficient (Wildman–Crippen LogP) is 12.8. The standard InChI is InChI=1S/C52H57BN2O/c1-49(2,3)34-18-24-38(25-19-34)54-44-28-22-36(51(7,8)9)30-42(44)53-43-31-37(52(10,11)12)23-29-45(43)55(39-26-20-35(21-27-39)50(4,5)6)47-33-41(32-46(54)48(47)53)56-40-16-14-13-15-17-40/h13-33H,1-12H3. The van der Waals surface area contributed by atoms with Gasteiger partial charge in [-0.3, -0.25) is 0 Å². The van der Waals surface area contributed by atoms with E-state index in [0.717, 1.165) is 34.2 Å². The Hall–Kier alpha value is -5.22. The summed E-state index contributed by atoms with van der Waals surface area (Å²) in [6.45, 7) is 27.6. The van der Waals surface area contributed by atoms with Crippen molar-refractivity contribution in [2.45, 2.75) is 105 Å². The highest BCUT2D eigenvalue weighted by atomic mass is 16.5. The summed E-state index contributed by atoms with van der Waals surface area (Å²) in [5, 5.41) is 0. The lowest BCUT2D eigenvalue weighted by molar-refractivity contribution is 0.483. The average Bonchev–Trinajstić information content (AvgIpc) is 3.13. The van der Waals surface area contributed by atoms with E-state index in [0.29, 0.717) is 0 Å². The summed E-state index contributed by atoms with van der Waals surface area (Å²) >= 11 is 0. The molecule has 0 spiro atoms. The van der Waals surface area contributed by atoms with Crippen LogP contribution in [-0.2, 0) is 21.7 Å². The number of fused-ring (bicyclic) bond motifs is 4. The molecule has 4 heteroatoms. The molecule has 2 aliphatic rings. The molecule has 0 fully saturated rings. The largest absolute Gasteiger partial charge is 0.457 e. The van der Waals surface area contributed by atoms with E-state index in [-0.39, 0.29) is 28.4 Å². The quantitative estimate of drug-likeness (QED) is 0.167. The van der Waals surface area contributed by atoms with Gasteiger partial charge in [0, 0.05) is 46.3 Å². The highest BCUT2D eigenvalue weighted by molar-refractivity contribution is 7.00. The first-order valence-electron chi connectivity index (χ1n) is 20.3. The summed E-state index contributed by atoms with van der Waals surface area (Å²) < 4.78 is 6.79. The first kappa shape index (κ1) is 37.7. The fourth-order valence-electron chi connectivity index (χ4n) is 8.37. The van der Waals surface area contributed by atoms with E-state index in [2.05, 4.69) is 190 Å². The molecule has 0 saturated carbocycles. The van der Waals surface area contributed by atoms with Crippen LogP contribution in [0.25, 0.3) is 0 Å². The lowest BCUT2D eigenvalue weighted by atomic mass is 9.33. The summed E-state index contributed by atoms with van der Waals surface area (Å²) in [6, 6.07) is 47.5. The lowest BCUT2D eigenvalue weighted by Gasteiger charge is -2.45. The molecule has 3 nitrogen and oxygen atoms in total. The van der Waals surface area contributed by atoms with Gasteiger partial charge in [-0.25, -0.2) is 0 Å². The molecule has 0 bridgehead atoms. The van der Waals surface area contributed by atoms with Crippen LogP contribution in [0, 0.1) is 0 Å². The molecule has 0 radical (unpaired) electrons. The molecular formula is C52H57BN2O. The van der Waals surface area contributed by atoms with Gasteiger partial charge in [-0.05, 0) is 109 Å². The highest BCUT2D eigenvalue weighted by Crippen LogP contribution is 2.47. The Balaban J connectivity index is 1.47. The Morgan fingerprint density at radius 1 is 0.375 bits per heavy atom. The van der Waals surface area contributed by atoms with Crippen LogP contribution < -0.4 is 30.9 Å². The molecule has 284 valence electrons. The SMILES string of the molecule is CC(C)(C)c1ccc(N2c3ccc(C(C)(C)C)cc3B3c4cc(C(C)(C)C)ccc4N(c4ccc(C(C)(C)C)cc4)c4cc(Oc5ccccc5)cc2c43)cc1. The van der Waals surface area contributed by atoms with Gasteiger partial charge in [0.1, 0.15) is 11.5 Å². The Bertz CT molecular complexity index is 2270. The molecule has 0 aliphatic carbocycles. The summed E-state index contributed by atoms with van der Waals surface area (Å²) in [5.74, 6) is 1.62. The number of rotatable bonds is 4. The van der Waals surface area contributed by atoms with E-state index < -0.39 is 0 Å². The second-order valence-electron chi connectivity index (χ2n) is 20.0. The van der Waals surface area contributed by atoms with E-state index in [9.17, 15) is 0 Å². The maximum absolute atomic E-state index is 6.79. The zero-order chi connectivity index (χ0) is 39.9. The second kappa shape index (κ2) is 13.2. The molecule has 0 saturated heterocycles. The Morgan fingerprint density at radius 2 is 0.750 bits per heavy atom. The van der Waals surface area contributed by atoms with Crippen LogP contribution in [0.3, 0.4) is 0 Å². The maximum Gasteiger partial charge on any atom is 0.252 e. The maximum atomic E-state index is 6.79. The zero-order valence-corrected chi connectivity index (χ0v) is 35.5. The number of hydrogen-bond donors (Lipinski definition) is 0. The van der Waals surface area contributed by atoms with Gasteiger partial charge in [-0.1, -0.05) is 150 Å². The third-order valence-corrected chi connectivity index (χ3v) is 11.7. The Labute approximate surface area is 336 Å². The first-order valence-corrected chi connectivity index (χ1v) is 20.3. The van der Waals surface area contributed by atoms with Gasteiger partial charge in [0.05, 0.1) is 0 Å². The normalized spacial score (nSPS) is 14.0. The summed E-state index contributed by atoms with van der Waals surface area (Å²) in [6.07, 6.45) is 0. The van der Waals surface area contributed by atoms with Crippen molar-refractivity contribution >= 4 is 57.2 Å². The summed E-state index contributed by atoms with van der Waals surface area (Å²) in [7, 11) is 0. The highest BCUT2D eigenvalue weighted by Gasteiger charge is 2.44.